The lowest BCUT2D eigenvalue weighted by Crippen LogP contribution is -2.44. The first-order chi connectivity index (χ1) is 14.4. The van der Waals surface area contributed by atoms with Crippen LogP contribution in [0.15, 0.2) is 38.9 Å². The minimum absolute atomic E-state index is 0.197. The summed E-state index contributed by atoms with van der Waals surface area (Å²) in [5.41, 5.74) is 3.78. The Bertz CT molecular complexity index is 1220. The van der Waals surface area contributed by atoms with Crippen molar-refractivity contribution in [2.75, 3.05) is 0 Å². The Morgan fingerprint density at radius 1 is 1.27 bits per heavy atom. The van der Waals surface area contributed by atoms with E-state index in [1.807, 2.05) is 36.8 Å². The molecule has 0 radical (unpaired) electrons. The van der Waals surface area contributed by atoms with Crippen LogP contribution in [0, 0.1) is 5.92 Å². The number of nitrogens with one attached hydrogen (secondary N) is 1. The molecule has 0 saturated carbocycles. The van der Waals surface area contributed by atoms with Gasteiger partial charge in [0.2, 0.25) is 0 Å². The summed E-state index contributed by atoms with van der Waals surface area (Å²) in [4.78, 5) is 26.9. The van der Waals surface area contributed by atoms with Crippen molar-refractivity contribution in [3.8, 4) is 0 Å². The molecule has 2 unspecified atom stereocenters. The summed E-state index contributed by atoms with van der Waals surface area (Å²) >= 11 is 1.63. The van der Waals surface area contributed by atoms with E-state index in [0.717, 1.165) is 21.9 Å². The van der Waals surface area contributed by atoms with Crippen LogP contribution in [-0.2, 0) is 24.3 Å². The van der Waals surface area contributed by atoms with E-state index in [1.165, 1.54) is 0 Å². The average molecular weight is 426 g/mol. The summed E-state index contributed by atoms with van der Waals surface area (Å²) in [6, 6.07) is 0. The summed E-state index contributed by atoms with van der Waals surface area (Å²) in [7, 11) is 0. The minimum Gasteiger partial charge on any atom is -0.330 e. The van der Waals surface area contributed by atoms with Crippen molar-refractivity contribution in [3.05, 3.63) is 71.7 Å². The van der Waals surface area contributed by atoms with Crippen LogP contribution in [-0.4, -0.2) is 27.2 Å². The number of carbonyl (C=O) groups excluding carboxylic acids is 1. The number of aromatic amines is 1. The third-order valence-corrected chi connectivity index (χ3v) is 6.59. The minimum atomic E-state index is -1.33. The zero-order chi connectivity index (χ0) is 21.4. The number of thiophene rings is 1. The first kappa shape index (κ1) is 20.5. The predicted octanol–water partition coefficient (Wildman–Crippen LogP) is 2.36. The summed E-state index contributed by atoms with van der Waals surface area (Å²) in [6.45, 7) is 6.51. The molecule has 1 amide bonds. The Kier molecular flexibility index (Phi) is 5.56. The van der Waals surface area contributed by atoms with Gasteiger partial charge in [-0.3, -0.25) is 9.59 Å². The first-order valence-electron chi connectivity index (χ1n) is 10.0. The lowest BCUT2D eigenvalue weighted by molar-refractivity contribution is -0.128. The van der Waals surface area contributed by atoms with Gasteiger partial charge in [0.05, 0.1) is 11.3 Å². The summed E-state index contributed by atoms with van der Waals surface area (Å²) in [5.74, 6) is -0.658. The lowest BCUT2D eigenvalue weighted by Gasteiger charge is -2.26. The molecule has 4 rings (SSSR count). The molecule has 2 aromatic rings. The SMILES string of the molecule is CC=c1c(CC2=CC(C)C(F)C(C(=O)N3Cc4cscc4C3)=C2)n[nH]c(=O)c1=CC. The van der Waals surface area contributed by atoms with Gasteiger partial charge in [0.1, 0.15) is 6.17 Å². The predicted molar refractivity (Wildman–Crippen MR) is 117 cm³/mol. The zero-order valence-electron chi connectivity index (χ0n) is 17.2. The fraction of sp³-hybridized carbons (Fsp3) is 0.348. The van der Waals surface area contributed by atoms with E-state index in [4.69, 9.17) is 0 Å². The van der Waals surface area contributed by atoms with Crippen LogP contribution in [0.3, 0.4) is 0 Å². The van der Waals surface area contributed by atoms with Gasteiger partial charge in [-0.2, -0.15) is 16.4 Å². The van der Waals surface area contributed by atoms with Gasteiger partial charge in [0.25, 0.3) is 11.5 Å². The molecule has 0 saturated heterocycles. The Morgan fingerprint density at radius 2 is 1.93 bits per heavy atom. The van der Waals surface area contributed by atoms with Crippen molar-refractivity contribution in [3.63, 3.8) is 0 Å². The molecule has 0 spiro atoms. The van der Waals surface area contributed by atoms with Gasteiger partial charge < -0.3 is 4.90 Å². The number of rotatable bonds is 3. The lowest BCUT2D eigenvalue weighted by atomic mass is 9.87. The number of carbonyl (C=O) groups is 1. The molecule has 1 aliphatic carbocycles. The largest absolute Gasteiger partial charge is 0.330 e. The Labute approximate surface area is 177 Å². The second kappa shape index (κ2) is 8.14. The number of hydrogen-bond acceptors (Lipinski definition) is 4. The van der Waals surface area contributed by atoms with Gasteiger partial charge >= 0.3 is 0 Å². The van der Waals surface area contributed by atoms with Crippen LogP contribution in [0.25, 0.3) is 12.2 Å². The van der Waals surface area contributed by atoms with Gasteiger partial charge in [-0.25, -0.2) is 9.49 Å². The van der Waals surface area contributed by atoms with E-state index in [1.54, 1.807) is 35.3 Å². The summed E-state index contributed by atoms with van der Waals surface area (Å²) in [6.07, 6.45) is 6.21. The molecule has 7 heteroatoms. The summed E-state index contributed by atoms with van der Waals surface area (Å²) < 4.78 is 15.0. The molecule has 1 aliphatic heterocycles. The van der Waals surface area contributed by atoms with Crippen LogP contribution >= 0.6 is 11.3 Å². The van der Waals surface area contributed by atoms with Crippen LogP contribution < -0.4 is 16.0 Å². The number of H-pyrrole nitrogens is 1. The molecular weight excluding hydrogens is 401 g/mol. The summed E-state index contributed by atoms with van der Waals surface area (Å²) in [5, 5.41) is 12.2. The highest BCUT2D eigenvalue weighted by Crippen LogP contribution is 2.32. The molecule has 1 N–H and O–H groups in total. The first-order valence-corrected chi connectivity index (χ1v) is 11.0. The van der Waals surface area contributed by atoms with E-state index in [0.29, 0.717) is 30.4 Å². The average Bonchev–Trinajstić information content (AvgIpc) is 3.33. The highest BCUT2D eigenvalue weighted by Gasteiger charge is 2.34. The van der Waals surface area contributed by atoms with Crippen LogP contribution in [0.5, 0.6) is 0 Å². The molecular formula is C23H24FN3O2S. The number of halogens is 1. The van der Waals surface area contributed by atoms with Crippen molar-refractivity contribution in [1.29, 1.82) is 0 Å². The molecule has 2 atom stereocenters. The van der Waals surface area contributed by atoms with E-state index < -0.39 is 12.1 Å². The van der Waals surface area contributed by atoms with E-state index in [9.17, 15) is 14.0 Å². The number of hydrogen-bond donors (Lipinski definition) is 1. The number of allylic oxidation sites excluding steroid dienone is 3. The molecule has 3 heterocycles. The van der Waals surface area contributed by atoms with Gasteiger partial charge in [-0.1, -0.05) is 25.2 Å². The molecule has 5 nitrogen and oxygen atoms in total. The molecule has 2 aliphatic rings. The van der Waals surface area contributed by atoms with E-state index in [2.05, 4.69) is 10.2 Å². The second-order valence-electron chi connectivity index (χ2n) is 7.77. The monoisotopic (exact) mass is 425 g/mol. The molecule has 0 bridgehead atoms. The van der Waals surface area contributed by atoms with Crippen molar-refractivity contribution in [2.24, 2.45) is 5.92 Å². The number of amides is 1. The van der Waals surface area contributed by atoms with Gasteiger partial charge in [0, 0.05) is 35.9 Å². The maximum atomic E-state index is 15.0. The van der Waals surface area contributed by atoms with Crippen LogP contribution in [0.1, 0.15) is 37.6 Å². The highest BCUT2D eigenvalue weighted by molar-refractivity contribution is 7.08. The third kappa shape index (κ3) is 3.58. The number of nitrogens with zero attached hydrogens (tertiary/aromatic N) is 2. The highest BCUT2D eigenvalue weighted by atomic mass is 32.1. The van der Waals surface area contributed by atoms with E-state index >= 15 is 0 Å². The third-order valence-electron chi connectivity index (χ3n) is 5.75. The molecule has 156 valence electrons. The normalized spacial score (nSPS) is 22.2. The number of aromatic nitrogens is 2. The van der Waals surface area contributed by atoms with Crippen molar-refractivity contribution in [2.45, 2.75) is 46.5 Å². The molecule has 2 aromatic heterocycles. The molecule has 0 fully saturated rings. The molecule has 30 heavy (non-hydrogen) atoms. The topological polar surface area (TPSA) is 66.1 Å². The fourth-order valence-electron chi connectivity index (χ4n) is 4.20. The second-order valence-corrected chi connectivity index (χ2v) is 8.51. The van der Waals surface area contributed by atoms with E-state index in [-0.39, 0.29) is 17.0 Å². The maximum Gasteiger partial charge on any atom is 0.271 e. The van der Waals surface area contributed by atoms with Gasteiger partial charge in [-0.05, 0) is 47.4 Å². The fourth-order valence-corrected chi connectivity index (χ4v) is 5.04. The smallest absolute Gasteiger partial charge is 0.271 e. The Morgan fingerprint density at radius 3 is 2.57 bits per heavy atom. The van der Waals surface area contributed by atoms with Crippen molar-refractivity contribution in [1.82, 2.24) is 15.1 Å². The van der Waals surface area contributed by atoms with Crippen molar-refractivity contribution >= 4 is 29.4 Å². The number of alkyl halides is 1. The Balaban J connectivity index is 1.65. The van der Waals surface area contributed by atoms with Gasteiger partial charge in [-0.15, -0.1) is 0 Å². The Hall–Kier alpha value is -2.80. The molecule has 0 aromatic carbocycles. The van der Waals surface area contributed by atoms with Crippen LogP contribution in [0.2, 0.25) is 0 Å². The standard InChI is InChI=1S/C23H24FN3O2S/c1-4-17-18(5-2)22(28)26-25-20(17)8-14-6-13(3)21(24)19(7-14)23(29)27-9-15-11-30-12-16(15)10-27/h4-7,11-13,21H,8-10H2,1-3H3,(H,26,28). The van der Waals surface area contributed by atoms with Crippen molar-refractivity contribution < 1.29 is 9.18 Å². The zero-order valence-corrected chi connectivity index (χ0v) is 18.1. The van der Waals surface area contributed by atoms with Gasteiger partial charge in [0.15, 0.2) is 0 Å². The van der Waals surface area contributed by atoms with Crippen LogP contribution in [0.4, 0.5) is 4.39 Å². The number of fused-ring (bicyclic) bond motifs is 1. The maximum absolute atomic E-state index is 15.0. The quantitative estimate of drug-likeness (QED) is 0.821.